The number of hydrogen-bond acceptors (Lipinski definition) is 9. The van der Waals surface area contributed by atoms with Gasteiger partial charge in [-0.25, -0.2) is 9.78 Å². The molecule has 0 N–H and O–H groups in total. The fourth-order valence-electron chi connectivity index (χ4n) is 4.38. The third kappa shape index (κ3) is 6.21. The lowest BCUT2D eigenvalue weighted by atomic mass is 10.0. The number of unbranched alkanes of at least 4 members (excludes halogenated alkanes) is 1. The molecule has 4 rings (SSSR count). The summed E-state index contributed by atoms with van der Waals surface area (Å²) in [5.74, 6) is 0.486. The van der Waals surface area contributed by atoms with Crippen molar-refractivity contribution in [2.24, 2.45) is 0 Å². The van der Waals surface area contributed by atoms with Crippen molar-refractivity contribution in [2.75, 3.05) is 49.7 Å². The summed E-state index contributed by atoms with van der Waals surface area (Å²) in [6.07, 6.45) is 0.902. The Morgan fingerprint density at radius 2 is 1.72 bits per heavy atom. The molecule has 0 aromatic carbocycles. The Bertz CT molecular complexity index is 1330. The highest BCUT2D eigenvalue weighted by atomic mass is 19.4. The number of carbonyl (C=O) groups excluding carboxylic acids is 1. The van der Waals surface area contributed by atoms with Crippen molar-refractivity contribution in [3.63, 3.8) is 0 Å². The van der Waals surface area contributed by atoms with Crippen molar-refractivity contribution >= 4 is 17.6 Å². The molecule has 0 unspecified atom stereocenters. The van der Waals surface area contributed by atoms with Crippen LogP contribution in [0.1, 0.15) is 46.8 Å². The predicted octanol–water partition coefficient (Wildman–Crippen LogP) is 4.86. The monoisotopic (exact) mass is 544 g/mol. The fourth-order valence-corrected chi connectivity index (χ4v) is 4.38. The van der Waals surface area contributed by atoms with Crippen LogP contribution < -0.4 is 14.5 Å². The number of rotatable bonds is 8. The van der Waals surface area contributed by atoms with Crippen LogP contribution in [0.25, 0.3) is 11.3 Å². The lowest BCUT2D eigenvalue weighted by Gasteiger charge is -2.36. The number of esters is 1. The van der Waals surface area contributed by atoms with Gasteiger partial charge in [-0.2, -0.15) is 13.2 Å². The smallest absolute Gasteiger partial charge is 0.417 e. The molecule has 0 bridgehead atoms. The number of anilines is 2. The Balaban J connectivity index is 1.50. The van der Waals surface area contributed by atoms with Gasteiger partial charge in [-0.3, -0.25) is 4.98 Å². The molecular formula is C27H31F3N6O3. The number of aromatic nitrogens is 4. The summed E-state index contributed by atoms with van der Waals surface area (Å²) in [7, 11) is 1.57. The summed E-state index contributed by atoms with van der Waals surface area (Å²) < 4.78 is 51.7. The molecule has 208 valence electrons. The second-order valence-electron chi connectivity index (χ2n) is 9.29. The first-order valence-electron chi connectivity index (χ1n) is 12.7. The first-order valence-corrected chi connectivity index (χ1v) is 12.7. The Kier molecular flexibility index (Phi) is 8.51. The van der Waals surface area contributed by atoms with Crippen molar-refractivity contribution in [1.82, 2.24) is 20.2 Å². The molecule has 1 fully saturated rings. The summed E-state index contributed by atoms with van der Waals surface area (Å²) in [4.78, 5) is 24.5. The summed E-state index contributed by atoms with van der Waals surface area (Å²) in [6, 6.07) is 2.78. The van der Waals surface area contributed by atoms with E-state index in [-0.39, 0.29) is 12.4 Å². The minimum absolute atomic E-state index is 0.0650. The summed E-state index contributed by atoms with van der Waals surface area (Å²) in [5.41, 5.74) is 1.79. The molecule has 0 saturated carbocycles. The van der Waals surface area contributed by atoms with Crippen LogP contribution in [0, 0.1) is 13.8 Å². The van der Waals surface area contributed by atoms with Gasteiger partial charge < -0.3 is 19.3 Å². The molecule has 39 heavy (non-hydrogen) atoms. The first-order chi connectivity index (χ1) is 18.6. The van der Waals surface area contributed by atoms with Crippen molar-refractivity contribution in [2.45, 2.75) is 39.8 Å². The Hall–Kier alpha value is -3.96. The zero-order chi connectivity index (χ0) is 28.2. The number of pyridine rings is 2. The zero-order valence-electron chi connectivity index (χ0n) is 22.4. The topological polar surface area (TPSA) is 93.6 Å². The van der Waals surface area contributed by atoms with Crippen LogP contribution in [0.3, 0.4) is 0 Å². The molecule has 1 aliphatic rings. The maximum Gasteiger partial charge on any atom is 0.417 e. The molecule has 0 atom stereocenters. The quantitative estimate of drug-likeness (QED) is 0.291. The minimum atomic E-state index is -4.72. The number of nitrogens with zero attached hydrogens (tertiary/aromatic N) is 6. The van der Waals surface area contributed by atoms with Gasteiger partial charge in [0.2, 0.25) is 0 Å². The van der Waals surface area contributed by atoms with Crippen LogP contribution in [0.2, 0.25) is 0 Å². The number of methoxy groups -OCH3 is 1. The van der Waals surface area contributed by atoms with Crippen LogP contribution in [0.4, 0.5) is 24.8 Å². The molecule has 3 aromatic rings. The second-order valence-corrected chi connectivity index (χ2v) is 9.29. The summed E-state index contributed by atoms with van der Waals surface area (Å²) >= 11 is 0. The lowest BCUT2D eigenvalue weighted by Crippen LogP contribution is -2.47. The van der Waals surface area contributed by atoms with Crippen LogP contribution in [0.5, 0.6) is 5.75 Å². The Morgan fingerprint density at radius 3 is 2.38 bits per heavy atom. The number of piperazine rings is 1. The molecule has 1 aliphatic heterocycles. The molecule has 0 amide bonds. The molecule has 9 nitrogen and oxygen atoms in total. The predicted molar refractivity (Wildman–Crippen MR) is 140 cm³/mol. The van der Waals surface area contributed by atoms with E-state index in [0.717, 1.165) is 41.2 Å². The molecule has 0 radical (unpaired) electrons. The van der Waals surface area contributed by atoms with Crippen molar-refractivity contribution in [3.05, 3.63) is 53.0 Å². The largest absolute Gasteiger partial charge is 0.495 e. The van der Waals surface area contributed by atoms with Gasteiger partial charge in [0.1, 0.15) is 11.6 Å². The van der Waals surface area contributed by atoms with Gasteiger partial charge in [0, 0.05) is 44.1 Å². The van der Waals surface area contributed by atoms with Gasteiger partial charge in [-0.05, 0) is 43.5 Å². The highest BCUT2D eigenvalue weighted by Gasteiger charge is 2.37. The normalized spacial score (nSPS) is 13.9. The molecular weight excluding hydrogens is 513 g/mol. The van der Waals surface area contributed by atoms with Crippen molar-refractivity contribution < 1.29 is 27.4 Å². The lowest BCUT2D eigenvalue weighted by molar-refractivity contribution is -0.138. The summed E-state index contributed by atoms with van der Waals surface area (Å²) in [6.45, 7) is 7.77. The van der Waals surface area contributed by atoms with Crippen LogP contribution in [-0.4, -0.2) is 66.0 Å². The van der Waals surface area contributed by atoms with E-state index in [2.05, 4.69) is 25.1 Å². The van der Waals surface area contributed by atoms with Gasteiger partial charge in [-0.15, -0.1) is 10.2 Å². The number of halogens is 3. The average molecular weight is 545 g/mol. The van der Waals surface area contributed by atoms with E-state index in [0.29, 0.717) is 44.0 Å². The van der Waals surface area contributed by atoms with E-state index in [1.165, 1.54) is 0 Å². The van der Waals surface area contributed by atoms with E-state index in [9.17, 15) is 18.0 Å². The molecule has 3 aromatic heterocycles. The van der Waals surface area contributed by atoms with E-state index >= 15 is 0 Å². The van der Waals surface area contributed by atoms with Gasteiger partial charge >= 0.3 is 12.1 Å². The average Bonchev–Trinajstić information content (AvgIpc) is 2.94. The van der Waals surface area contributed by atoms with Gasteiger partial charge in [0.25, 0.3) is 0 Å². The number of hydrogen-bond donors (Lipinski definition) is 0. The Labute approximate surface area is 225 Å². The minimum Gasteiger partial charge on any atom is -0.495 e. The van der Waals surface area contributed by atoms with Crippen LogP contribution >= 0.6 is 0 Å². The number of ether oxygens (including phenoxy) is 2. The highest BCUT2D eigenvalue weighted by Crippen LogP contribution is 2.35. The molecule has 4 heterocycles. The van der Waals surface area contributed by atoms with E-state index < -0.39 is 23.3 Å². The molecule has 0 spiro atoms. The van der Waals surface area contributed by atoms with Crippen LogP contribution in [-0.2, 0) is 10.9 Å². The fraction of sp³-hybridized carbons (Fsp3) is 0.444. The standard InChI is InChI=1S/C27H31F3N6O3/c1-5-6-11-39-26(37)21-16-32-23(13-22(21)27(28,29)30)35-7-9-36(10-8-35)25-18(3)17(2)24(33-34-25)19-12-20(38-4)15-31-14-19/h12-16H,5-11H2,1-4H3. The first kappa shape index (κ1) is 28.1. The third-order valence-corrected chi connectivity index (χ3v) is 6.77. The van der Waals surface area contributed by atoms with Crippen molar-refractivity contribution in [1.29, 1.82) is 0 Å². The second kappa shape index (κ2) is 11.8. The van der Waals surface area contributed by atoms with E-state index in [1.807, 2.05) is 26.8 Å². The zero-order valence-corrected chi connectivity index (χ0v) is 22.4. The molecule has 1 saturated heterocycles. The van der Waals surface area contributed by atoms with Gasteiger partial charge in [0.05, 0.1) is 36.7 Å². The SMILES string of the molecule is CCCCOC(=O)c1cnc(N2CCN(c3nnc(-c4cncc(OC)c4)c(C)c3C)CC2)cc1C(F)(F)F. The van der Waals surface area contributed by atoms with E-state index in [4.69, 9.17) is 9.47 Å². The van der Waals surface area contributed by atoms with Crippen LogP contribution in [0.15, 0.2) is 30.7 Å². The molecule has 0 aliphatic carbocycles. The van der Waals surface area contributed by atoms with Crippen molar-refractivity contribution in [3.8, 4) is 17.0 Å². The maximum atomic E-state index is 13.8. The maximum absolute atomic E-state index is 13.8. The molecule has 12 heteroatoms. The Morgan fingerprint density at radius 1 is 1.00 bits per heavy atom. The highest BCUT2D eigenvalue weighted by molar-refractivity contribution is 5.91. The third-order valence-electron chi connectivity index (χ3n) is 6.77. The van der Waals surface area contributed by atoms with Gasteiger partial charge in [0.15, 0.2) is 5.82 Å². The number of carbonyl (C=O) groups is 1. The number of alkyl halides is 3. The van der Waals surface area contributed by atoms with Gasteiger partial charge in [-0.1, -0.05) is 13.3 Å². The summed E-state index contributed by atoms with van der Waals surface area (Å²) in [5, 5.41) is 8.92. The van der Waals surface area contributed by atoms with E-state index in [1.54, 1.807) is 24.4 Å².